The summed E-state index contributed by atoms with van der Waals surface area (Å²) >= 11 is 0. The molecular weight excluding hydrogens is 476 g/mol. The van der Waals surface area contributed by atoms with Crippen molar-refractivity contribution >= 4 is 11.9 Å². The zero-order valence-corrected chi connectivity index (χ0v) is 22.7. The zero-order chi connectivity index (χ0) is 27.4. The van der Waals surface area contributed by atoms with Gasteiger partial charge >= 0.3 is 11.8 Å². The molecule has 0 aliphatic carbocycles. The Hall–Kier alpha value is -3.24. The topological polar surface area (TPSA) is 124 Å². The number of alkyl carbamates (subject to hydrolysis) is 1. The van der Waals surface area contributed by atoms with Crippen molar-refractivity contribution in [1.82, 2.24) is 14.9 Å². The number of nitrogens with zero attached hydrogens (tertiary/aromatic N) is 2. The molecule has 0 radical (unpaired) electrons. The molecule has 37 heavy (non-hydrogen) atoms. The molecule has 0 spiro atoms. The fraction of sp³-hybridized carbons (Fsp3) is 0.556. The fourth-order valence-electron chi connectivity index (χ4n) is 4.50. The minimum atomic E-state index is -0.876. The quantitative estimate of drug-likeness (QED) is 0.428. The standard InChI is InChI=1S/C27H38N4O6/c1-8-27(9-2)21(35-16-19-13-11-10-12-14-19)20(28-18(4)29-25(34)37-26(5,6)7)23(36-27)31-15-17(3)22(32)30-24(31)33/h10-15,20-21,23H,8-9,16H2,1-7H3,(H,28,29,34)(H,30,32,33)/t20-,21?,23+/m0/s1. The average Bonchev–Trinajstić information content (AvgIpc) is 3.12. The van der Waals surface area contributed by atoms with Crippen molar-refractivity contribution in [3.63, 3.8) is 0 Å². The summed E-state index contributed by atoms with van der Waals surface area (Å²) in [6.45, 7) is 12.9. The second kappa shape index (κ2) is 11.4. The molecule has 0 saturated carbocycles. The minimum Gasteiger partial charge on any atom is -0.444 e. The van der Waals surface area contributed by atoms with Gasteiger partial charge in [0.2, 0.25) is 0 Å². The summed E-state index contributed by atoms with van der Waals surface area (Å²) in [6.07, 6.45) is 0.602. The van der Waals surface area contributed by atoms with E-state index in [-0.39, 0.29) is 0 Å². The molecule has 1 aromatic heterocycles. The molecular formula is C27H38N4O6. The van der Waals surface area contributed by atoms with Gasteiger partial charge < -0.3 is 14.2 Å². The van der Waals surface area contributed by atoms with Gasteiger partial charge in [-0.1, -0.05) is 44.2 Å². The van der Waals surface area contributed by atoms with Crippen molar-refractivity contribution in [2.24, 2.45) is 4.99 Å². The first-order valence-corrected chi connectivity index (χ1v) is 12.6. The summed E-state index contributed by atoms with van der Waals surface area (Å²) < 4.78 is 19.7. The van der Waals surface area contributed by atoms with E-state index in [1.165, 1.54) is 10.8 Å². The number of nitrogens with one attached hydrogen (secondary N) is 2. The van der Waals surface area contributed by atoms with Crippen LogP contribution >= 0.6 is 0 Å². The molecule has 10 heteroatoms. The molecule has 1 unspecified atom stereocenters. The van der Waals surface area contributed by atoms with E-state index in [4.69, 9.17) is 19.2 Å². The first-order chi connectivity index (χ1) is 17.4. The summed E-state index contributed by atoms with van der Waals surface area (Å²) in [4.78, 5) is 44.4. The summed E-state index contributed by atoms with van der Waals surface area (Å²) in [7, 11) is 0. The number of benzene rings is 1. The van der Waals surface area contributed by atoms with Crippen LogP contribution in [-0.4, -0.2) is 44.8 Å². The van der Waals surface area contributed by atoms with Crippen molar-refractivity contribution < 1.29 is 19.0 Å². The molecule has 0 bridgehead atoms. The van der Waals surface area contributed by atoms with Crippen LogP contribution in [0.15, 0.2) is 51.1 Å². The van der Waals surface area contributed by atoms with Crippen LogP contribution < -0.4 is 16.6 Å². The molecule has 1 aliphatic heterocycles. The summed E-state index contributed by atoms with van der Waals surface area (Å²) in [5, 5.41) is 2.66. The van der Waals surface area contributed by atoms with Gasteiger partial charge in [-0.2, -0.15) is 0 Å². The van der Waals surface area contributed by atoms with Crippen LogP contribution in [0.4, 0.5) is 4.79 Å². The van der Waals surface area contributed by atoms with E-state index < -0.39 is 46.9 Å². The molecule has 1 saturated heterocycles. The van der Waals surface area contributed by atoms with Crippen LogP contribution in [0.5, 0.6) is 0 Å². The lowest BCUT2D eigenvalue weighted by molar-refractivity contribution is -0.125. The molecule has 1 aromatic carbocycles. The number of carbonyl (C=O) groups excluding carboxylic acids is 1. The van der Waals surface area contributed by atoms with Crippen molar-refractivity contribution in [1.29, 1.82) is 0 Å². The minimum absolute atomic E-state index is 0.290. The highest BCUT2D eigenvalue weighted by molar-refractivity contribution is 5.94. The maximum Gasteiger partial charge on any atom is 0.413 e. The molecule has 2 aromatic rings. The van der Waals surface area contributed by atoms with Gasteiger partial charge in [-0.25, -0.2) is 9.59 Å². The number of hydrogen-bond acceptors (Lipinski definition) is 7. The first-order valence-electron chi connectivity index (χ1n) is 12.6. The Kier molecular flexibility index (Phi) is 8.76. The van der Waals surface area contributed by atoms with Crippen LogP contribution in [0.25, 0.3) is 0 Å². The Morgan fingerprint density at radius 1 is 1.19 bits per heavy atom. The maximum absolute atomic E-state index is 12.9. The van der Waals surface area contributed by atoms with Crippen LogP contribution in [0.3, 0.4) is 0 Å². The third-order valence-corrected chi connectivity index (χ3v) is 6.39. The zero-order valence-electron chi connectivity index (χ0n) is 22.7. The van der Waals surface area contributed by atoms with E-state index in [0.29, 0.717) is 30.8 Å². The van der Waals surface area contributed by atoms with E-state index in [2.05, 4.69) is 10.3 Å². The number of amides is 1. The summed E-state index contributed by atoms with van der Waals surface area (Å²) in [5.41, 5.74) is -1.16. The second-order valence-electron chi connectivity index (χ2n) is 10.3. The lowest BCUT2D eigenvalue weighted by Gasteiger charge is -2.33. The van der Waals surface area contributed by atoms with Gasteiger partial charge in [-0.3, -0.25) is 24.7 Å². The number of amidine groups is 1. The molecule has 10 nitrogen and oxygen atoms in total. The monoisotopic (exact) mass is 514 g/mol. The Morgan fingerprint density at radius 2 is 1.84 bits per heavy atom. The Morgan fingerprint density at radius 3 is 2.43 bits per heavy atom. The number of hydrogen-bond donors (Lipinski definition) is 2. The van der Waals surface area contributed by atoms with Crippen LogP contribution in [0.1, 0.15) is 71.7 Å². The lowest BCUT2D eigenvalue weighted by atomic mass is 9.88. The number of rotatable bonds is 7. The molecule has 1 amide bonds. The summed E-state index contributed by atoms with van der Waals surface area (Å²) in [6, 6.07) is 9.04. The predicted octanol–water partition coefficient (Wildman–Crippen LogP) is 3.83. The molecule has 1 aliphatic rings. The van der Waals surface area contributed by atoms with Crippen molar-refractivity contribution in [3.05, 3.63) is 68.5 Å². The SMILES string of the molecule is CCC1(CC)O[C@@H](n2cc(C)c(=O)[nH]c2=O)[C@@H](N=C(C)NC(=O)OC(C)(C)C)C1OCc1ccccc1. The van der Waals surface area contributed by atoms with Crippen LogP contribution in [0, 0.1) is 6.92 Å². The lowest BCUT2D eigenvalue weighted by Crippen LogP contribution is -2.45. The molecule has 2 N–H and O–H groups in total. The van der Waals surface area contributed by atoms with Gasteiger partial charge in [-0.05, 0) is 53.0 Å². The third-order valence-electron chi connectivity index (χ3n) is 6.39. The number of aryl methyl sites for hydroxylation is 1. The molecule has 3 atom stereocenters. The van der Waals surface area contributed by atoms with Gasteiger partial charge in [0, 0.05) is 11.8 Å². The Balaban J connectivity index is 2.05. The maximum atomic E-state index is 12.9. The average molecular weight is 515 g/mol. The van der Waals surface area contributed by atoms with Gasteiger partial charge in [-0.15, -0.1) is 0 Å². The highest BCUT2D eigenvalue weighted by Gasteiger charge is 2.55. The van der Waals surface area contributed by atoms with Gasteiger partial charge in [0.25, 0.3) is 5.56 Å². The van der Waals surface area contributed by atoms with Crippen molar-refractivity contribution in [3.8, 4) is 0 Å². The van der Waals surface area contributed by atoms with E-state index in [1.807, 2.05) is 44.2 Å². The number of aliphatic imine (C=N–C) groups is 1. The Bertz CT molecular complexity index is 1220. The molecule has 3 rings (SSSR count). The van der Waals surface area contributed by atoms with E-state index in [1.54, 1.807) is 34.6 Å². The largest absolute Gasteiger partial charge is 0.444 e. The molecule has 202 valence electrons. The van der Waals surface area contributed by atoms with E-state index >= 15 is 0 Å². The number of H-pyrrole nitrogens is 1. The van der Waals surface area contributed by atoms with Crippen LogP contribution in [0.2, 0.25) is 0 Å². The predicted molar refractivity (Wildman–Crippen MR) is 141 cm³/mol. The fourth-order valence-corrected chi connectivity index (χ4v) is 4.50. The highest BCUT2D eigenvalue weighted by Crippen LogP contribution is 2.44. The van der Waals surface area contributed by atoms with Gasteiger partial charge in [0.05, 0.1) is 12.2 Å². The molecule has 1 fully saturated rings. The normalized spacial score (nSPS) is 21.6. The first kappa shape index (κ1) is 28.3. The number of ether oxygens (including phenoxy) is 3. The third kappa shape index (κ3) is 6.75. The van der Waals surface area contributed by atoms with Crippen molar-refractivity contribution in [2.45, 2.75) is 97.5 Å². The van der Waals surface area contributed by atoms with Gasteiger partial charge in [0.15, 0.2) is 6.23 Å². The second-order valence-corrected chi connectivity index (χ2v) is 10.3. The number of aromatic nitrogens is 2. The van der Waals surface area contributed by atoms with Crippen LogP contribution in [-0.2, 0) is 20.8 Å². The van der Waals surface area contributed by atoms with Crippen molar-refractivity contribution in [2.75, 3.05) is 0 Å². The highest BCUT2D eigenvalue weighted by atomic mass is 16.6. The smallest absolute Gasteiger partial charge is 0.413 e. The van der Waals surface area contributed by atoms with Gasteiger partial charge in [0.1, 0.15) is 23.6 Å². The number of aromatic amines is 1. The Labute approximate surface area is 217 Å². The summed E-state index contributed by atoms with van der Waals surface area (Å²) in [5.74, 6) is 0.290. The number of carbonyl (C=O) groups is 1. The molecule has 2 heterocycles. The van der Waals surface area contributed by atoms with E-state index in [9.17, 15) is 14.4 Å². The van der Waals surface area contributed by atoms with E-state index in [0.717, 1.165) is 5.56 Å².